The molecule has 0 amide bonds. The van der Waals surface area contributed by atoms with E-state index >= 15 is 0 Å². The molecular weight excluding hydrogens is 268 g/mol. The Balaban J connectivity index is 3.05. The van der Waals surface area contributed by atoms with Crippen molar-refractivity contribution in [3.8, 4) is 5.75 Å². The van der Waals surface area contributed by atoms with E-state index in [0.717, 1.165) is 18.5 Å². The van der Waals surface area contributed by atoms with Crippen LogP contribution in [0.2, 0.25) is 0 Å². The summed E-state index contributed by atoms with van der Waals surface area (Å²) in [4.78, 5) is 10.9. The molecule has 0 spiro atoms. The van der Waals surface area contributed by atoms with Crippen LogP contribution in [0, 0.1) is 15.5 Å². The summed E-state index contributed by atoms with van der Waals surface area (Å²) in [6.45, 7) is 9.47. The monoisotopic (exact) mass is 294 g/mol. The fourth-order valence-corrected chi connectivity index (χ4v) is 2.24. The Morgan fingerprint density at radius 2 is 2.05 bits per heavy atom. The summed E-state index contributed by atoms with van der Waals surface area (Å²) in [5.41, 5.74) is 0.898. The summed E-state index contributed by atoms with van der Waals surface area (Å²) in [6.07, 6.45) is 1.67. The lowest BCUT2D eigenvalue weighted by atomic mass is 9.82. The van der Waals surface area contributed by atoms with Crippen molar-refractivity contribution in [2.75, 3.05) is 13.7 Å². The van der Waals surface area contributed by atoms with Gasteiger partial charge in [-0.2, -0.15) is 0 Å². The molecule has 1 aromatic carbocycles. The van der Waals surface area contributed by atoms with E-state index in [9.17, 15) is 10.1 Å². The average Bonchev–Trinajstić information content (AvgIpc) is 2.42. The van der Waals surface area contributed by atoms with Gasteiger partial charge >= 0.3 is 0 Å². The van der Waals surface area contributed by atoms with Crippen LogP contribution in [0.15, 0.2) is 18.2 Å². The molecule has 0 saturated heterocycles. The van der Waals surface area contributed by atoms with Crippen molar-refractivity contribution in [2.45, 2.75) is 46.6 Å². The summed E-state index contributed by atoms with van der Waals surface area (Å²) in [7, 11) is 1.51. The largest absolute Gasteiger partial charge is 0.497 e. The quantitative estimate of drug-likeness (QED) is 0.617. The Morgan fingerprint density at radius 1 is 1.38 bits per heavy atom. The van der Waals surface area contributed by atoms with Gasteiger partial charge in [0.1, 0.15) is 5.75 Å². The van der Waals surface area contributed by atoms with Crippen LogP contribution in [0.5, 0.6) is 5.75 Å². The van der Waals surface area contributed by atoms with Crippen LogP contribution in [-0.4, -0.2) is 24.6 Å². The Morgan fingerprint density at radius 3 is 2.52 bits per heavy atom. The summed E-state index contributed by atoms with van der Waals surface area (Å²) in [6, 6.07) is 5.25. The molecule has 5 heteroatoms. The van der Waals surface area contributed by atoms with Crippen molar-refractivity contribution in [1.29, 1.82) is 0 Å². The number of nitro groups is 1. The van der Waals surface area contributed by atoms with Gasteiger partial charge in [-0.15, -0.1) is 0 Å². The van der Waals surface area contributed by atoms with Gasteiger partial charge in [0.2, 0.25) is 0 Å². The molecule has 0 aliphatic rings. The van der Waals surface area contributed by atoms with Crippen molar-refractivity contribution < 1.29 is 9.66 Å². The molecule has 0 fully saturated rings. The first-order valence-corrected chi connectivity index (χ1v) is 7.34. The molecule has 1 unspecified atom stereocenters. The number of methoxy groups -OCH3 is 1. The van der Waals surface area contributed by atoms with Gasteiger partial charge in [0, 0.05) is 11.6 Å². The lowest BCUT2D eigenvalue weighted by molar-refractivity contribution is -0.385. The Labute approximate surface area is 126 Å². The van der Waals surface area contributed by atoms with Crippen LogP contribution in [0.4, 0.5) is 5.69 Å². The first-order valence-electron chi connectivity index (χ1n) is 7.34. The van der Waals surface area contributed by atoms with Crippen LogP contribution in [0.25, 0.3) is 0 Å². The van der Waals surface area contributed by atoms with Crippen molar-refractivity contribution in [3.63, 3.8) is 0 Å². The molecule has 0 aliphatic carbocycles. The standard InChI is InChI=1S/C16H26N2O3/c1-6-9-17-15(16(2,3)4)10-12-7-8-13(21-5)11-14(12)18(19)20/h7-8,11,15,17H,6,9-10H2,1-5H3. The second kappa shape index (κ2) is 7.41. The van der Waals surface area contributed by atoms with E-state index in [1.54, 1.807) is 12.1 Å². The van der Waals surface area contributed by atoms with E-state index in [1.807, 2.05) is 0 Å². The number of hydrogen-bond donors (Lipinski definition) is 1. The molecule has 0 saturated carbocycles. The smallest absolute Gasteiger partial charge is 0.276 e. The maximum absolute atomic E-state index is 11.3. The zero-order chi connectivity index (χ0) is 16.0. The van der Waals surface area contributed by atoms with Crippen LogP contribution in [0.1, 0.15) is 39.7 Å². The van der Waals surface area contributed by atoms with E-state index in [-0.39, 0.29) is 22.1 Å². The minimum atomic E-state index is -0.336. The summed E-state index contributed by atoms with van der Waals surface area (Å²) < 4.78 is 5.08. The van der Waals surface area contributed by atoms with Gasteiger partial charge in [0.25, 0.3) is 5.69 Å². The fourth-order valence-electron chi connectivity index (χ4n) is 2.24. The van der Waals surface area contributed by atoms with Gasteiger partial charge in [0.05, 0.1) is 18.1 Å². The van der Waals surface area contributed by atoms with Crippen molar-refractivity contribution in [1.82, 2.24) is 5.32 Å². The Kier molecular flexibility index (Phi) is 6.15. The zero-order valence-electron chi connectivity index (χ0n) is 13.6. The number of nitro benzene ring substituents is 1. The molecule has 0 bridgehead atoms. The lowest BCUT2D eigenvalue weighted by Gasteiger charge is -2.31. The second-order valence-electron chi connectivity index (χ2n) is 6.33. The molecule has 21 heavy (non-hydrogen) atoms. The normalized spacial score (nSPS) is 13.0. The van der Waals surface area contributed by atoms with Crippen LogP contribution in [-0.2, 0) is 6.42 Å². The summed E-state index contributed by atoms with van der Waals surface area (Å²) >= 11 is 0. The molecular formula is C16H26N2O3. The molecule has 0 heterocycles. The SMILES string of the molecule is CCCNC(Cc1ccc(OC)cc1[N+](=O)[O-])C(C)(C)C. The molecule has 0 aromatic heterocycles. The average molecular weight is 294 g/mol. The minimum absolute atomic E-state index is 0.0307. The molecule has 1 atom stereocenters. The van der Waals surface area contributed by atoms with Crippen molar-refractivity contribution in [2.24, 2.45) is 5.41 Å². The minimum Gasteiger partial charge on any atom is -0.497 e. The molecule has 0 aliphatic heterocycles. The van der Waals surface area contributed by atoms with E-state index < -0.39 is 0 Å². The van der Waals surface area contributed by atoms with E-state index in [0.29, 0.717) is 12.2 Å². The summed E-state index contributed by atoms with van der Waals surface area (Å²) in [5.74, 6) is 0.513. The first kappa shape index (κ1) is 17.4. The number of rotatable bonds is 7. The highest BCUT2D eigenvalue weighted by Gasteiger charge is 2.27. The maximum Gasteiger partial charge on any atom is 0.276 e. The molecule has 118 valence electrons. The third-order valence-electron chi connectivity index (χ3n) is 3.60. The molecule has 1 aromatic rings. The third kappa shape index (κ3) is 5.01. The number of benzene rings is 1. The molecule has 0 radical (unpaired) electrons. The predicted octanol–water partition coefficient (Wildman–Crippen LogP) is 3.56. The number of nitrogens with zero attached hydrogens (tertiary/aromatic N) is 1. The molecule has 1 N–H and O–H groups in total. The number of nitrogens with one attached hydrogen (secondary N) is 1. The van der Waals surface area contributed by atoms with Crippen molar-refractivity contribution in [3.05, 3.63) is 33.9 Å². The van der Waals surface area contributed by atoms with Gasteiger partial charge in [0.15, 0.2) is 0 Å². The lowest BCUT2D eigenvalue weighted by Crippen LogP contribution is -2.42. The third-order valence-corrected chi connectivity index (χ3v) is 3.60. The first-order chi connectivity index (χ1) is 9.79. The molecule has 5 nitrogen and oxygen atoms in total. The van der Waals surface area contributed by atoms with Gasteiger partial charge in [-0.3, -0.25) is 10.1 Å². The maximum atomic E-state index is 11.3. The zero-order valence-corrected chi connectivity index (χ0v) is 13.6. The van der Waals surface area contributed by atoms with Crippen LogP contribution in [0.3, 0.4) is 0 Å². The van der Waals surface area contributed by atoms with Gasteiger partial charge in [-0.1, -0.05) is 27.7 Å². The Hall–Kier alpha value is -1.62. The van der Waals surface area contributed by atoms with Gasteiger partial charge in [-0.05, 0) is 36.9 Å². The number of ether oxygens (including phenoxy) is 1. The predicted molar refractivity (Wildman–Crippen MR) is 84.9 cm³/mol. The summed E-state index contributed by atoms with van der Waals surface area (Å²) in [5, 5.41) is 14.8. The van der Waals surface area contributed by atoms with Crippen LogP contribution < -0.4 is 10.1 Å². The van der Waals surface area contributed by atoms with Gasteiger partial charge < -0.3 is 10.1 Å². The van der Waals surface area contributed by atoms with Gasteiger partial charge in [-0.25, -0.2) is 0 Å². The second-order valence-corrected chi connectivity index (χ2v) is 6.33. The van der Waals surface area contributed by atoms with E-state index in [1.165, 1.54) is 13.2 Å². The number of hydrogen-bond acceptors (Lipinski definition) is 4. The highest BCUT2D eigenvalue weighted by molar-refractivity contribution is 5.46. The highest BCUT2D eigenvalue weighted by atomic mass is 16.6. The van der Waals surface area contributed by atoms with Crippen LogP contribution >= 0.6 is 0 Å². The van der Waals surface area contributed by atoms with E-state index in [2.05, 4.69) is 33.0 Å². The van der Waals surface area contributed by atoms with E-state index in [4.69, 9.17) is 4.74 Å². The molecule has 1 rings (SSSR count). The fraction of sp³-hybridized carbons (Fsp3) is 0.625. The highest BCUT2D eigenvalue weighted by Crippen LogP contribution is 2.29. The van der Waals surface area contributed by atoms with Crippen molar-refractivity contribution >= 4 is 5.69 Å². The Bertz CT molecular complexity index is 481. The topological polar surface area (TPSA) is 64.4 Å².